The molecule has 0 bridgehead atoms. The van der Waals surface area contributed by atoms with Crippen LogP contribution in [0.4, 0.5) is 0 Å². The highest BCUT2D eigenvalue weighted by molar-refractivity contribution is 14.1. The number of hydrogen-bond donors (Lipinski definition) is 0. The molecule has 3 heterocycles. The fraction of sp³-hybridized carbons (Fsp3) is 0.121. The minimum Gasteiger partial charge on any atom is -0.487 e. The lowest BCUT2D eigenvalue weighted by molar-refractivity contribution is -0.138. The van der Waals surface area contributed by atoms with Crippen LogP contribution in [0.5, 0.6) is 5.75 Å². The molecule has 44 heavy (non-hydrogen) atoms. The second-order valence-corrected chi connectivity index (χ2v) is 14.1. The molecule has 0 aliphatic carbocycles. The fourth-order valence-corrected chi connectivity index (χ4v) is 8.61. The van der Waals surface area contributed by atoms with Crippen LogP contribution < -0.4 is 19.6 Å². The van der Waals surface area contributed by atoms with Gasteiger partial charge in [0, 0.05) is 31.1 Å². The molecule has 11 heteroatoms. The number of nitrogens with zero attached hydrogens (tertiary/aromatic N) is 2. The Morgan fingerprint density at radius 1 is 1.11 bits per heavy atom. The van der Waals surface area contributed by atoms with Gasteiger partial charge < -0.3 is 9.47 Å². The number of fused-ring (bicyclic) bond motifs is 1. The molecule has 0 saturated heterocycles. The number of benzene rings is 3. The lowest BCUT2D eigenvalue weighted by Crippen LogP contribution is -2.39. The quantitative estimate of drug-likeness (QED) is 0.120. The second kappa shape index (κ2) is 13.5. The van der Waals surface area contributed by atoms with Crippen molar-refractivity contribution in [1.82, 2.24) is 4.57 Å². The molecule has 2 aromatic heterocycles. The van der Waals surface area contributed by atoms with E-state index < -0.39 is 12.0 Å². The first-order chi connectivity index (χ1) is 21.4. The van der Waals surface area contributed by atoms with Gasteiger partial charge in [-0.25, -0.2) is 9.79 Å². The largest absolute Gasteiger partial charge is 0.487 e. The maximum absolute atomic E-state index is 14.2. The molecule has 5 aromatic rings. The number of ether oxygens (including phenoxy) is 2. The summed E-state index contributed by atoms with van der Waals surface area (Å²) in [5.41, 5.74) is 2.92. The molecule has 0 fully saturated rings. The molecule has 0 spiro atoms. The summed E-state index contributed by atoms with van der Waals surface area (Å²) < 4.78 is 15.6. The summed E-state index contributed by atoms with van der Waals surface area (Å²) in [7, 11) is 0. The van der Waals surface area contributed by atoms with Gasteiger partial charge in [-0.15, -0.1) is 11.3 Å². The molecular formula is C33H23BrClIN2O4S2. The molecule has 1 aliphatic rings. The highest BCUT2D eigenvalue weighted by atomic mass is 127. The van der Waals surface area contributed by atoms with Crippen LogP contribution in [0.2, 0.25) is 5.02 Å². The van der Waals surface area contributed by atoms with Crippen LogP contribution in [-0.4, -0.2) is 17.1 Å². The molecule has 0 amide bonds. The lowest BCUT2D eigenvalue weighted by atomic mass is 9.97. The van der Waals surface area contributed by atoms with Gasteiger partial charge in [-0.2, -0.15) is 0 Å². The van der Waals surface area contributed by atoms with Crippen LogP contribution in [0.1, 0.15) is 34.5 Å². The number of carbonyl (C=O) groups excluding carboxylic acids is 1. The van der Waals surface area contributed by atoms with Crippen molar-refractivity contribution >= 4 is 90.5 Å². The minimum absolute atomic E-state index is 0.199. The van der Waals surface area contributed by atoms with E-state index in [0.29, 0.717) is 31.4 Å². The zero-order chi connectivity index (χ0) is 30.8. The first kappa shape index (κ1) is 31.0. The van der Waals surface area contributed by atoms with E-state index >= 15 is 0 Å². The van der Waals surface area contributed by atoms with E-state index in [0.717, 1.165) is 29.6 Å². The van der Waals surface area contributed by atoms with Crippen molar-refractivity contribution in [3.63, 3.8) is 0 Å². The number of esters is 1. The topological polar surface area (TPSA) is 69.9 Å². The highest BCUT2D eigenvalue weighted by Crippen LogP contribution is 2.37. The summed E-state index contributed by atoms with van der Waals surface area (Å²) in [4.78, 5) is 34.0. The van der Waals surface area contributed by atoms with Gasteiger partial charge in [0.15, 0.2) is 4.80 Å². The monoisotopic (exact) mass is 816 g/mol. The molecule has 1 aliphatic heterocycles. The van der Waals surface area contributed by atoms with E-state index in [4.69, 9.17) is 26.1 Å². The van der Waals surface area contributed by atoms with E-state index in [1.54, 1.807) is 11.5 Å². The number of thiophene rings is 1. The number of hydrogen-bond acceptors (Lipinski definition) is 7. The first-order valence-corrected chi connectivity index (χ1v) is 17.5. The van der Waals surface area contributed by atoms with Gasteiger partial charge in [0.25, 0.3) is 5.56 Å². The Bertz CT molecular complexity index is 2070. The van der Waals surface area contributed by atoms with E-state index in [1.165, 1.54) is 22.7 Å². The summed E-state index contributed by atoms with van der Waals surface area (Å²) in [5, 5.41) is 2.55. The van der Waals surface area contributed by atoms with E-state index in [9.17, 15) is 9.59 Å². The van der Waals surface area contributed by atoms with Gasteiger partial charge in [0.2, 0.25) is 0 Å². The van der Waals surface area contributed by atoms with Crippen molar-refractivity contribution in [2.75, 3.05) is 6.61 Å². The van der Waals surface area contributed by atoms with Crippen molar-refractivity contribution < 1.29 is 14.3 Å². The van der Waals surface area contributed by atoms with E-state index in [-0.39, 0.29) is 18.8 Å². The van der Waals surface area contributed by atoms with Crippen molar-refractivity contribution in [3.05, 3.63) is 144 Å². The number of rotatable bonds is 8. The molecule has 1 atom stereocenters. The molecule has 6 nitrogen and oxygen atoms in total. The van der Waals surface area contributed by atoms with Crippen LogP contribution in [-0.2, 0) is 16.1 Å². The molecule has 0 saturated carbocycles. The number of carbonyl (C=O) groups is 1. The van der Waals surface area contributed by atoms with Crippen LogP contribution >= 0.6 is 72.8 Å². The van der Waals surface area contributed by atoms with Crippen LogP contribution in [0, 0.1) is 3.57 Å². The summed E-state index contributed by atoms with van der Waals surface area (Å²) >= 11 is 15.0. The van der Waals surface area contributed by atoms with Crippen molar-refractivity contribution in [1.29, 1.82) is 0 Å². The smallest absolute Gasteiger partial charge is 0.338 e. The Morgan fingerprint density at radius 3 is 2.61 bits per heavy atom. The van der Waals surface area contributed by atoms with Gasteiger partial charge in [0.1, 0.15) is 18.4 Å². The van der Waals surface area contributed by atoms with Gasteiger partial charge in [-0.05, 0) is 65.2 Å². The van der Waals surface area contributed by atoms with Gasteiger partial charge >= 0.3 is 5.97 Å². The summed E-state index contributed by atoms with van der Waals surface area (Å²) in [6.07, 6.45) is 1.82. The number of thiazole rings is 1. The summed E-state index contributed by atoms with van der Waals surface area (Å²) in [6, 6.07) is 24.1. The Kier molecular flexibility index (Phi) is 9.53. The highest BCUT2D eigenvalue weighted by Gasteiger charge is 2.35. The minimum atomic E-state index is -0.693. The lowest BCUT2D eigenvalue weighted by Gasteiger charge is -2.24. The average Bonchev–Trinajstić information content (AvgIpc) is 3.65. The van der Waals surface area contributed by atoms with Gasteiger partial charge in [-0.1, -0.05) is 93.5 Å². The van der Waals surface area contributed by atoms with Crippen molar-refractivity contribution in [2.45, 2.75) is 19.6 Å². The average molecular weight is 818 g/mol. The molecule has 0 radical (unpaired) electrons. The Labute approximate surface area is 288 Å². The second-order valence-electron chi connectivity index (χ2n) is 9.63. The van der Waals surface area contributed by atoms with Gasteiger partial charge in [-0.3, -0.25) is 9.36 Å². The standard InChI is InChI=1S/C33H23BrClIN2O4S2/c1-2-41-32(40)27-28(19-9-4-3-5-10-19)37-33-38(29(27)25-13-8-14-43-25)31(39)26(44-33)16-21-15-22(34)17-24(36)30(21)42-18-20-11-6-7-12-23(20)35/h3-17,29H,2,18H2,1H3/b26-16-/t29-/m0/s1. The first-order valence-electron chi connectivity index (χ1n) is 13.5. The normalized spacial score (nSPS) is 14.7. The third kappa shape index (κ3) is 6.23. The van der Waals surface area contributed by atoms with Crippen molar-refractivity contribution in [3.8, 4) is 5.75 Å². The predicted molar refractivity (Wildman–Crippen MR) is 188 cm³/mol. The predicted octanol–water partition coefficient (Wildman–Crippen LogP) is 7.60. The fourth-order valence-electron chi connectivity index (χ4n) is 4.90. The third-order valence-electron chi connectivity index (χ3n) is 6.84. The van der Waals surface area contributed by atoms with Gasteiger partial charge in [0.05, 0.1) is 26.0 Å². The summed E-state index contributed by atoms with van der Waals surface area (Å²) in [6.45, 7) is 2.23. The number of halogens is 3. The zero-order valence-corrected chi connectivity index (χ0v) is 29.3. The Hall–Kier alpha value is -3.03. The van der Waals surface area contributed by atoms with Crippen LogP contribution in [0.25, 0.3) is 11.8 Å². The molecule has 0 N–H and O–H groups in total. The Balaban J connectivity index is 1.54. The van der Waals surface area contributed by atoms with E-state index in [1.807, 2.05) is 90.3 Å². The third-order valence-corrected chi connectivity index (χ3v) is 10.4. The Morgan fingerprint density at radius 2 is 1.89 bits per heavy atom. The molecule has 3 aromatic carbocycles. The molecule has 0 unspecified atom stereocenters. The maximum Gasteiger partial charge on any atom is 0.338 e. The molecule has 222 valence electrons. The number of aromatic nitrogens is 1. The SMILES string of the molecule is CCOC(=O)C1=C(c2ccccc2)N=c2s/c(=C\c3cc(Br)cc(I)c3OCc3ccccc3Cl)c(=O)n2[C@H]1c1cccs1. The van der Waals surface area contributed by atoms with E-state index in [2.05, 4.69) is 38.5 Å². The molecule has 6 rings (SSSR count). The van der Waals surface area contributed by atoms with Crippen LogP contribution in [0.15, 0.2) is 104 Å². The summed E-state index contributed by atoms with van der Waals surface area (Å²) in [5.74, 6) is 0.131. The van der Waals surface area contributed by atoms with Crippen LogP contribution in [0.3, 0.4) is 0 Å². The zero-order valence-electron chi connectivity index (χ0n) is 23.1. The van der Waals surface area contributed by atoms with Crippen molar-refractivity contribution in [2.24, 2.45) is 4.99 Å². The maximum atomic E-state index is 14.2. The molecular weight excluding hydrogens is 795 g/mol.